The number of hydrogen-bond acceptors (Lipinski definition) is 8. The van der Waals surface area contributed by atoms with Gasteiger partial charge in [-0.25, -0.2) is 9.59 Å². The van der Waals surface area contributed by atoms with Crippen molar-refractivity contribution in [2.75, 3.05) is 36.0 Å². The molecule has 2 aromatic rings. The maximum atomic E-state index is 12.3. The summed E-state index contributed by atoms with van der Waals surface area (Å²) in [6, 6.07) is 7.75. The molecule has 0 atom stereocenters. The number of carboxylic acids is 2. The van der Waals surface area contributed by atoms with E-state index < -0.39 is 24.3 Å². The standard InChI is InChI=1S/C18H21N5O2.2C2HF3O2/c1-14-4-5-16(21-20-14)22-9-6-18(7-10-22)13-23(17(24)12-25-18)15-3-2-8-19-11-15;2*3-2(4,5)1(6)7/h2-5,8,11H,6-7,9-10,12-13H2,1H3;2*(H,6,7). The third kappa shape index (κ3) is 9.35. The Bertz CT molecular complexity index is 1100. The summed E-state index contributed by atoms with van der Waals surface area (Å²) in [5.74, 6) is -4.62. The van der Waals surface area contributed by atoms with Crippen molar-refractivity contribution in [2.24, 2.45) is 0 Å². The molecule has 0 aliphatic carbocycles. The van der Waals surface area contributed by atoms with Crippen LogP contribution in [0, 0.1) is 6.92 Å². The van der Waals surface area contributed by atoms with Crippen LogP contribution in [0.3, 0.4) is 0 Å². The van der Waals surface area contributed by atoms with Gasteiger partial charge < -0.3 is 24.7 Å². The van der Waals surface area contributed by atoms with Gasteiger partial charge in [-0.1, -0.05) is 0 Å². The molecule has 2 N–H and O–H groups in total. The molecule has 2 aromatic heterocycles. The molecule has 0 saturated carbocycles. The van der Waals surface area contributed by atoms with Crippen molar-refractivity contribution in [3.8, 4) is 0 Å². The van der Waals surface area contributed by atoms with Gasteiger partial charge in [0.15, 0.2) is 5.82 Å². The van der Waals surface area contributed by atoms with E-state index in [-0.39, 0.29) is 18.1 Å². The van der Waals surface area contributed by atoms with E-state index in [1.54, 1.807) is 17.3 Å². The third-order valence-electron chi connectivity index (χ3n) is 5.47. The molecule has 214 valence electrons. The average Bonchev–Trinajstić information content (AvgIpc) is 2.87. The summed E-state index contributed by atoms with van der Waals surface area (Å²) >= 11 is 0. The number of carbonyl (C=O) groups excluding carboxylic acids is 1. The number of carboxylic acid groups (broad SMARTS) is 2. The van der Waals surface area contributed by atoms with Crippen LogP contribution in [-0.2, 0) is 19.1 Å². The fraction of sp³-hybridized carbons (Fsp3) is 0.455. The Hall–Kier alpha value is -4.02. The van der Waals surface area contributed by atoms with Crippen LogP contribution < -0.4 is 9.80 Å². The molecule has 0 bridgehead atoms. The number of rotatable bonds is 2. The van der Waals surface area contributed by atoms with Gasteiger partial charge in [0, 0.05) is 19.3 Å². The number of halogens is 6. The number of hydrogen-bond donors (Lipinski definition) is 2. The van der Waals surface area contributed by atoms with Crippen LogP contribution in [0.4, 0.5) is 37.8 Å². The fourth-order valence-electron chi connectivity index (χ4n) is 3.47. The van der Waals surface area contributed by atoms with Gasteiger partial charge in [0.05, 0.1) is 29.7 Å². The second kappa shape index (κ2) is 12.7. The number of aryl methyl sites for hydroxylation is 1. The van der Waals surface area contributed by atoms with Crippen molar-refractivity contribution in [1.82, 2.24) is 15.2 Å². The lowest BCUT2D eigenvalue weighted by Gasteiger charge is -2.47. The largest absolute Gasteiger partial charge is 0.490 e. The Morgan fingerprint density at radius 1 is 0.974 bits per heavy atom. The molecule has 39 heavy (non-hydrogen) atoms. The first-order chi connectivity index (χ1) is 18.0. The number of ether oxygens (including phenoxy) is 1. The van der Waals surface area contributed by atoms with Crippen molar-refractivity contribution in [1.29, 1.82) is 0 Å². The van der Waals surface area contributed by atoms with Crippen LogP contribution >= 0.6 is 0 Å². The van der Waals surface area contributed by atoms with Gasteiger partial charge in [-0.15, -0.1) is 5.10 Å². The first-order valence-electron chi connectivity index (χ1n) is 11.0. The number of aliphatic carboxylic acids is 2. The Kier molecular flexibility index (Phi) is 10.1. The van der Waals surface area contributed by atoms with Gasteiger partial charge in [0.2, 0.25) is 0 Å². The molecule has 0 aromatic carbocycles. The number of piperidine rings is 1. The van der Waals surface area contributed by atoms with Crippen molar-refractivity contribution >= 4 is 29.4 Å². The summed E-state index contributed by atoms with van der Waals surface area (Å²) in [5, 5.41) is 22.7. The molecule has 2 aliphatic rings. The van der Waals surface area contributed by atoms with Crippen molar-refractivity contribution in [3.63, 3.8) is 0 Å². The summed E-state index contributed by atoms with van der Waals surface area (Å²) < 4.78 is 69.5. The number of nitrogens with zero attached hydrogens (tertiary/aromatic N) is 5. The van der Waals surface area contributed by atoms with Crippen LogP contribution in [0.5, 0.6) is 0 Å². The van der Waals surface area contributed by atoms with Crippen molar-refractivity contribution in [2.45, 2.75) is 37.7 Å². The molecule has 2 fully saturated rings. The van der Waals surface area contributed by atoms with Crippen LogP contribution in [0.25, 0.3) is 0 Å². The average molecular weight is 567 g/mol. The lowest BCUT2D eigenvalue weighted by Crippen LogP contribution is -2.59. The van der Waals surface area contributed by atoms with E-state index in [0.717, 1.165) is 43.1 Å². The van der Waals surface area contributed by atoms with Gasteiger partial charge in [-0.2, -0.15) is 31.4 Å². The summed E-state index contributed by atoms with van der Waals surface area (Å²) in [6.07, 6.45) is -5.02. The minimum Gasteiger partial charge on any atom is -0.475 e. The van der Waals surface area contributed by atoms with E-state index in [1.165, 1.54) is 0 Å². The highest BCUT2D eigenvalue weighted by molar-refractivity contribution is 5.95. The fourth-order valence-corrected chi connectivity index (χ4v) is 3.47. The van der Waals surface area contributed by atoms with Crippen LogP contribution in [-0.4, -0.2) is 87.4 Å². The normalized spacial score (nSPS) is 16.9. The highest BCUT2D eigenvalue weighted by Gasteiger charge is 2.43. The SMILES string of the molecule is Cc1ccc(N2CCC3(CC2)CN(c2cccnc2)C(=O)CO3)nn1.O=C(O)C(F)(F)F.O=C(O)C(F)(F)F. The number of alkyl halides is 6. The van der Waals surface area contributed by atoms with Crippen LogP contribution in [0.2, 0.25) is 0 Å². The monoisotopic (exact) mass is 567 g/mol. The van der Waals surface area contributed by atoms with Gasteiger partial charge in [0.1, 0.15) is 6.61 Å². The lowest BCUT2D eigenvalue weighted by molar-refractivity contribution is -0.193. The second-order valence-electron chi connectivity index (χ2n) is 8.29. The molecule has 4 rings (SSSR count). The number of morpholine rings is 1. The summed E-state index contributed by atoms with van der Waals surface area (Å²) in [4.78, 5) is 38.2. The molecule has 2 saturated heterocycles. The number of pyridine rings is 1. The van der Waals surface area contributed by atoms with Gasteiger partial charge in [0.25, 0.3) is 5.91 Å². The predicted molar refractivity (Wildman–Crippen MR) is 121 cm³/mol. The zero-order valence-corrected chi connectivity index (χ0v) is 20.2. The Morgan fingerprint density at radius 2 is 1.54 bits per heavy atom. The molecular weight excluding hydrogens is 544 g/mol. The highest BCUT2D eigenvalue weighted by atomic mass is 19.4. The van der Waals surface area contributed by atoms with E-state index in [0.29, 0.717) is 6.54 Å². The van der Waals surface area contributed by atoms with Gasteiger partial charge in [-0.3, -0.25) is 9.78 Å². The zero-order valence-electron chi connectivity index (χ0n) is 20.2. The number of carbonyl (C=O) groups is 3. The minimum atomic E-state index is -5.08. The van der Waals surface area contributed by atoms with E-state index >= 15 is 0 Å². The predicted octanol–water partition coefficient (Wildman–Crippen LogP) is 2.85. The Balaban J connectivity index is 0.000000317. The van der Waals surface area contributed by atoms with Crippen molar-refractivity contribution < 1.29 is 55.7 Å². The van der Waals surface area contributed by atoms with E-state index in [2.05, 4.69) is 20.1 Å². The molecule has 17 heteroatoms. The molecule has 11 nitrogen and oxygen atoms in total. The smallest absolute Gasteiger partial charge is 0.475 e. The topological polar surface area (TPSA) is 146 Å². The summed E-state index contributed by atoms with van der Waals surface area (Å²) in [5.41, 5.74) is 1.46. The van der Waals surface area contributed by atoms with Gasteiger partial charge in [-0.05, 0) is 44.0 Å². The maximum absolute atomic E-state index is 12.3. The van der Waals surface area contributed by atoms with E-state index in [4.69, 9.17) is 24.5 Å². The van der Waals surface area contributed by atoms with E-state index in [1.807, 2.05) is 31.2 Å². The number of amides is 1. The molecule has 0 radical (unpaired) electrons. The first-order valence-corrected chi connectivity index (χ1v) is 11.0. The number of aromatic nitrogens is 3. The summed E-state index contributed by atoms with van der Waals surface area (Å²) in [7, 11) is 0. The first kappa shape index (κ1) is 31.2. The van der Waals surface area contributed by atoms with Crippen molar-refractivity contribution in [3.05, 3.63) is 42.4 Å². The maximum Gasteiger partial charge on any atom is 0.490 e. The summed E-state index contributed by atoms with van der Waals surface area (Å²) in [6.45, 7) is 4.31. The van der Waals surface area contributed by atoms with Crippen LogP contribution in [0.1, 0.15) is 18.5 Å². The minimum absolute atomic E-state index is 0.00884. The lowest BCUT2D eigenvalue weighted by atomic mass is 9.89. The van der Waals surface area contributed by atoms with Gasteiger partial charge >= 0.3 is 24.3 Å². The second-order valence-corrected chi connectivity index (χ2v) is 8.29. The molecular formula is C22H23F6N5O6. The molecule has 2 aliphatic heterocycles. The third-order valence-corrected chi connectivity index (χ3v) is 5.47. The Labute approximate surface area is 217 Å². The highest BCUT2D eigenvalue weighted by Crippen LogP contribution is 2.33. The number of anilines is 2. The van der Waals surface area contributed by atoms with Crippen LogP contribution in [0.15, 0.2) is 36.7 Å². The quantitative estimate of drug-likeness (QED) is 0.520. The zero-order chi connectivity index (χ0) is 29.4. The molecule has 1 amide bonds. The molecule has 1 spiro atoms. The molecule has 0 unspecified atom stereocenters. The Morgan fingerprint density at radius 3 is 1.97 bits per heavy atom. The van der Waals surface area contributed by atoms with E-state index in [9.17, 15) is 31.1 Å². The molecule has 4 heterocycles.